The molecule has 0 amide bonds. The molecule has 0 fully saturated rings. The smallest absolute Gasteiger partial charge is 0.0541 e. The van der Waals surface area contributed by atoms with E-state index in [0.29, 0.717) is 0 Å². The van der Waals surface area contributed by atoms with Crippen molar-refractivity contribution in [1.29, 1.82) is 0 Å². The summed E-state index contributed by atoms with van der Waals surface area (Å²) < 4.78 is 0. The molecule has 0 atom stereocenters. The van der Waals surface area contributed by atoms with Gasteiger partial charge in [0.2, 0.25) is 0 Å². The average Bonchev–Trinajstić information content (AvgIpc) is 2.76. The molecule has 0 radical (unpaired) electrons. The van der Waals surface area contributed by atoms with Crippen LogP contribution in [-0.4, -0.2) is 9.97 Å². The molecule has 3 heteroatoms. The molecule has 2 N–H and O–H groups in total. The fourth-order valence-electron chi connectivity index (χ4n) is 2.54. The van der Waals surface area contributed by atoms with Crippen LogP contribution < -0.4 is 5.32 Å². The number of benzene rings is 1. The molecule has 3 rings (SSSR count). The zero-order valence-electron chi connectivity index (χ0n) is 11.9. The van der Waals surface area contributed by atoms with E-state index in [2.05, 4.69) is 47.3 Å². The molecule has 0 aliphatic carbocycles. The van der Waals surface area contributed by atoms with Crippen LogP contribution in [0.1, 0.15) is 22.5 Å². The van der Waals surface area contributed by atoms with Crippen molar-refractivity contribution < 1.29 is 0 Å². The summed E-state index contributed by atoms with van der Waals surface area (Å²) in [5.74, 6) is 0. The summed E-state index contributed by atoms with van der Waals surface area (Å²) in [5.41, 5.74) is 6.16. The van der Waals surface area contributed by atoms with E-state index >= 15 is 0 Å². The Morgan fingerprint density at radius 1 is 1.10 bits per heavy atom. The predicted molar refractivity (Wildman–Crippen MR) is 82.6 cm³/mol. The summed E-state index contributed by atoms with van der Waals surface area (Å²) in [6.45, 7) is 5.91. The van der Waals surface area contributed by atoms with E-state index in [1.165, 1.54) is 27.7 Å². The van der Waals surface area contributed by atoms with E-state index in [0.717, 1.165) is 18.8 Å². The summed E-state index contributed by atoms with van der Waals surface area (Å²) >= 11 is 0. The molecule has 0 aliphatic rings. The maximum absolute atomic E-state index is 4.33. The SMILES string of the molecule is Cc1ccc2[nH]c(C)c(CNCc3ccccn3)c2c1. The Morgan fingerprint density at radius 3 is 2.80 bits per heavy atom. The van der Waals surface area contributed by atoms with Gasteiger partial charge in [0.25, 0.3) is 0 Å². The highest BCUT2D eigenvalue weighted by atomic mass is 14.9. The first-order valence-corrected chi connectivity index (χ1v) is 6.92. The minimum atomic E-state index is 0.790. The summed E-state index contributed by atoms with van der Waals surface area (Å²) in [6.07, 6.45) is 1.83. The molecule has 0 saturated heterocycles. The molecule has 0 bridgehead atoms. The second kappa shape index (κ2) is 5.47. The number of pyridine rings is 1. The van der Waals surface area contributed by atoms with Crippen molar-refractivity contribution in [2.24, 2.45) is 0 Å². The number of fused-ring (bicyclic) bond motifs is 1. The average molecular weight is 265 g/mol. The van der Waals surface area contributed by atoms with E-state index in [4.69, 9.17) is 0 Å². The van der Waals surface area contributed by atoms with Crippen LogP contribution in [0, 0.1) is 13.8 Å². The predicted octanol–water partition coefficient (Wildman–Crippen LogP) is 3.47. The highest BCUT2D eigenvalue weighted by Gasteiger charge is 2.08. The second-order valence-corrected chi connectivity index (χ2v) is 5.20. The first-order chi connectivity index (χ1) is 9.74. The van der Waals surface area contributed by atoms with Crippen LogP contribution in [0.5, 0.6) is 0 Å². The minimum Gasteiger partial charge on any atom is -0.358 e. The molecule has 2 heterocycles. The van der Waals surface area contributed by atoms with Gasteiger partial charge in [-0.05, 0) is 43.7 Å². The number of aromatic nitrogens is 2. The van der Waals surface area contributed by atoms with Gasteiger partial charge >= 0.3 is 0 Å². The van der Waals surface area contributed by atoms with E-state index in [1.807, 2.05) is 24.4 Å². The van der Waals surface area contributed by atoms with Crippen molar-refractivity contribution in [3.05, 3.63) is 65.1 Å². The summed E-state index contributed by atoms with van der Waals surface area (Å²) in [7, 11) is 0. The van der Waals surface area contributed by atoms with Gasteiger partial charge in [-0.3, -0.25) is 4.98 Å². The summed E-state index contributed by atoms with van der Waals surface area (Å²) in [4.78, 5) is 7.77. The van der Waals surface area contributed by atoms with Crippen molar-refractivity contribution >= 4 is 10.9 Å². The minimum absolute atomic E-state index is 0.790. The van der Waals surface area contributed by atoms with Gasteiger partial charge < -0.3 is 10.3 Å². The number of hydrogen-bond acceptors (Lipinski definition) is 2. The van der Waals surface area contributed by atoms with Crippen LogP contribution in [0.2, 0.25) is 0 Å². The third-order valence-electron chi connectivity index (χ3n) is 3.61. The second-order valence-electron chi connectivity index (χ2n) is 5.20. The number of rotatable bonds is 4. The Morgan fingerprint density at radius 2 is 2.00 bits per heavy atom. The normalized spacial score (nSPS) is 11.1. The van der Waals surface area contributed by atoms with E-state index in [-0.39, 0.29) is 0 Å². The van der Waals surface area contributed by atoms with E-state index < -0.39 is 0 Å². The highest BCUT2D eigenvalue weighted by Crippen LogP contribution is 2.23. The molecular formula is C17H19N3. The topological polar surface area (TPSA) is 40.7 Å². The lowest BCUT2D eigenvalue weighted by Crippen LogP contribution is -2.13. The van der Waals surface area contributed by atoms with E-state index in [1.54, 1.807) is 0 Å². The molecule has 0 aliphatic heterocycles. The number of H-pyrrole nitrogens is 1. The fraction of sp³-hybridized carbons (Fsp3) is 0.235. The molecule has 3 nitrogen and oxygen atoms in total. The van der Waals surface area contributed by atoms with E-state index in [9.17, 15) is 0 Å². The number of nitrogens with one attached hydrogen (secondary N) is 2. The first-order valence-electron chi connectivity index (χ1n) is 6.92. The Hall–Kier alpha value is -2.13. The molecule has 102 valence electrons. The largest absolute Gasteiger partial charge is 0.358 e. The maximum atomic E-state index is 4.33. The van der Waals surface area contributed by atoms with Crippen LogP contribution in [0.25, 0.3) is 10.9 Å². The Balaban J connectivity index is 1.77. The Kier molecular flexibility index (Phi) is 3.52. The number of aryl methyl sites for hydroxylation is 2. The van der Waals surface area contributed by atoms with Crippen molar-refractivity contribution in [3.63, 3.8) is 0 Å². The molecule has 2 aromatic heterocycles. The third-order valence-corrected chi connectivity index (χ3v) is 3.61. The van der Waals surface area contributed by atoms with Gasteiger partial charge in [-0.1, -0.05) is 17.7 Å². The van der Waals surface area contributed by atoms with Crippen molar-refractivity contribution in [3.8, 4) is 0 Å². The van der Waals surface area contributed by atoms with Crippen LogP contribution >= 0.6 is 0 Å². The van der Waals surface area contributed by atoms with Crippen LogP contribution in [-0.2, 0) is 13.1 Å². The quantitative estimate of drug-likeness (QED) is 0.758. The first kappa shape index (κ1) is 12.9. The van der Waals surface area contributed by atoms with Gasteiger partial charge in [0, 0.05) is 35.9 Å². The lowest BCUT2D eigenvalue weighted by atomic mass is 10.1. The zero-order valence-corrected chi connectivity index (χ0v) is 11.9. The van der Waals surface area contributed by atoms with Crippen molar-refractivity contribution in [2.45, 2.75) is 26.9 Å². The molecule has 0 spiro atoms. The van der Waals surface area contributed by atoms with Gasteiger partial charge in [-0.2, -0.15) is 0 Å². The van der Waals surface area contributed by atoms with Crippen LogP contribution in [0.4, 0.5) is 0 Å². The Bertz CT molecular complexity index is 714. The number of aromatic amines is 1. The lowest BCUT2D eigenvalue weighted by Gasteiger charge is -2.05. The van der Waals surface area contributed by atoms with Gasteiger partial charge in [-0.25, -0.2) is 0 Å². The van der Waals surface area contributed by atoms with Crippen molar-refractivity contribution in [2.75, 3.05) is 0 Å². The molecule has 0 unspecified atom stereocenters. The van der Waals surface area contributed by atoms with Gasteiger partial charge in [0.1, 0.15) is 0 Å². The standard InChI is InChI=1S/C17H19N3/c1-12-6-7-17-15(9-12)16(13(2)20-17)11-18-10-14-5-3-4-8-19-14/h3-9,18,20H,10-11H2,1-2H3. The monoisotopic (exact) mass is 265 g/mol. The fourth-order valence-corrected chi connectivity index (χ4v) is 2.54. The third kappa shape index (κ3) is 2.58. The maximum Gasteiger partial charge on any atom is 0.0541 e. The summed E-state index contributed by atoms with van der Waals surface area (Å²) in [5, 5.41) is 4.79. The van der Waals surface area contributed by atoms with Crippen molar-refractivity contribution in [1.82, 2.24) is 15.3 Å². The highest BCUT2D eigenvalue weighted by molar-refractivity contribution is 5.85. The zero-order chi connectivity index (χ0) is 13.9. The van der Waals surface area contributed by atoms with Gasteiger partial charge in [-0.15, -0.1) is 0 Å². The molecule has 0 saturated carbocycles. The van der Waals surface area contributed by atoms with Gasteiger partial charge in [0.15, 0.2) is 0 Å². The molecule has 1 aromatic carbocycles. The molecule has 3 aromatic rings. The number of hydrogen-bond donors (Lipinski definition) is 2. The number of nitrogens with zero attached hydrogens (tertiary/aromatic N) is 1. The van der Waals surface area contributed by atoms with Crippen LogP contribution in [0.15, 0.2) is 42.6 Å². The molecular weight excluding hydrogens is 246 g/mol. The summed E-state index contributed by atoms with van der Waals surface area (Å²) in [6, 6.07) is 12.5. The van der Waals surface area contributed by atoms with Gasteiger partial charge in [0.05, 0.1) is 5.69 Å². The van der Waals surface area contributed by atoms with Crippen LogP contribution in [0.3, 0.4) is 0 Å². The molecule has 20 heavy (non-hydrogen) atoms. The Labute approximate surface area is 119 Å². The lowest BCUT2D eigenvalue weighted by molar-refractivity contribution is 0.680.